The summed E-state index contributed by atoms with van der Waals surface area (Å²) in [5.74, 6) is -0.0624. The number of methoxy groups -OCH3 is 1. The van der Waals surface area contributed by atoms with Crippen molar-refractivity contribution < 1.29 is 28.6 Å². The molecule has 1 heterocycles. The second kappa shape index (κ2) is 12.1. The molecule has 38 heavy (non-hydrogen) atoms. The van der Waals surface area contributed by atoms with E-state index < -0.39 is 17.8 Å². The van der Waals surface area contributed by atoms with E-state index in [1.165, 1.54) is 13.2 Å². The Morgan fingerprint density at radius 3 is 2.37 bits per heavy atom. The molecule has 0 bridgehead atoms. The molecule has 3 aromatic carbocycles. The lowest BCUT2D eigenvalue weighted by Gasteiger charge is -2.26. The fraction of sp³-hybridized carbons (Fsp3) is 0.148. The summed E-state index contributed by atoms with van der Waals surface area (Å²) < 4.78 is 17.6. The zero-order chi connectivity index (χ0) is 27.4. The molecule has 0 spiro atoms. The van der Waals surface area contributed by atoms with Crippen LogP contribution in [-0.4, -0.2) is 31.6 Å². The van der Waals surface area contributed by atoms with Crippen LogP contribution in [0.25, 0.3) is 6.08 Å². The van der Waals surface area contributed by atoms with Gasteiger partial charge in [0.1, 0.15) is 17.9 Å². The quantitative estimate of drug-likeness (QED) is 0.174. The molecule has 4 rings (SSSR count). The molecule has 4 amide bonds. The monoisotopic (exact) mass is 666 g/mol. The molecule has 8 nitrogen and oxygen atoms in total. The first-order chi connectivity index (χ1) is 18.2. The van der Waals surface area contributed by atoms with Gasteiger partial charge in [0.25, 0.3) is 11.8 Å². The number of carbonyl (C=O) groups excluding carboxylic acids is 3. The number of barbiturate groups is 1. The SMILES string of the molecule is CCOc1cc(/C=C2\C(=O)NC(=O)N(c3ccc(OC)cc3)C2=O)cc(I)c1OCc1ccc(Cl)c(Cl)c1. The lowest BCUT2D eigenvalue weighted by Crippen LogP contribution is -2.54. The van der Waals surface area contributed by atoms with Crippen LogP contribution in [0.5, 0.6) is 17.2 Å². The van der Waals surface area contributed by atoms with E-state index in [0.29, 0.717) is 48.7 Å². The van der Waals surface area contributed by atoms with Crippen molar-refractivity contribution in [3.63, 3.8) is 0 Å². The van der Waals surface area contributed by atoms with Crippen LogP contribution in [0.2, 0.25) is 10.0 Å². The Bertz CT molecular complexity index is 1440. The second-order valence-corrected chi connectivity index (χ2v) is 9.93. The van der Waals surface area contributed by atoms with Gasteiger partial charge in [0.05, 0.1) is 33.0 Å². The van der Waals surface area contributed by atoms with Gasteiger partial charge in [-0.1, -0.05) is 29.3 Å². The number of urea groups is 1. The number of rotatable bonds is 8. The zero-order valence-electron chi connectivity index (χ0n) is 20.2. The summed E-state index contributed by atoms with van der Waals surface area (Å²) in [7, 11) is 1.51. The fourth-order valence-corrected chi connectivity index (χ4v) is 4.75. The number of amides is 4. The van der Waals surface area contributed by atoms with Gasteiger partial charge in [-0.25, -0.2) is 9.69 Å². The summed E-state index contributed by atoms with van der Waals surface area (Å²) in [6, 6.07) is 14.1. The van der Waals surface area contributed by atoms with Crippen LogP contribution in [0, 0.1) is 3.57 Å². The number of hydrogen-bond acceptors (Lipinski definition) is 6. The molecule has 1 aliphatic rings. The minimum absolute atomic E-state index is 0.205. The lowest BCUT2D eigenvalue weighted by molar-refractivity contribution is -0.122. The van der Waals surface area contributed by atoms with Crippen LogP contribution in [0.4, 0.5) is 10.5 Å². The van der Waals surface area contributed by atoms with Crippen LogP contribution in [0.15, 0.2) is 60.2 Å². The first-order valence-electron chi connectivity index (χ1n) is 11.3. The van der Waals surface area contributed by atoms with Gasteiger partial charge in [-0.05, 0) is 95.2 Å². The maximum Gasteiger partial charge on any atom is 0.335 e. The molecule has 1 saturated heterocycles. The molecule has 1 aliphatic heterocycles. The van der Waals surface area contributed by atoms with Crippen molar-refractivity contribution in [2.24, 2.45) is 0 Å². The van der Waals surface area contributed by atoms with Gasteiger partial charge in [0.2, 0.25) is 0 Å². The molecule has 196 valence electrons. The number of hydrogen-bond donors (Lipinski definition) is 1. The highest BCUT2D eigenvalue weighted by Crippen LogP contribution is 2.36. The fourth-order valence-electron chi connectivity index (χ4n) is 3.65. The molecule has 0 atom stereocenters. The normalized spacial score (nSPS) is 14.5. The molecule has 1 fully saturated rings. The Kier molecular flexibility index (Phi) is 8.80. The highest BCUT2D eigenvalue weighted by atomic mass is 127. The van der Waals surface area contributed by atoms with Crippen molar-refractivity contribution in [3.05, 3.63) is 84.9 Å². The number of anilines is 1. The molecular formula is C27H21Cl2IN2O6. The van der Waals surface area contributed by atoms with E-state index in [4.69, 9.17) is 37.4 Å². The van der Waals surface area contributed by atoms with Crippen molar-refractivity contribution in [3.8, 4) is 17.2 Å². The van der Waals surface area contributed by atoms with Crippen LogP contribution in [-0.2, 0) is 16.2 Å². The number of benzene rings is 3. The Labute approximate surface area is 242 Å². The van der Waals surface area contributed by atoms with Crippen LogP contribution in [0.3, 0.4) is 0 Å². The molecule has 11 heteroatoms. The lowest BCUT2D eigenvalue weighted by atomic mass is 10.1. The van der Waals surface area contributed by atoms with E-state index in [-0.39, 0.29) is 12.2 Å². The highest BCUT2D eigenvalue weighted by molar-refractivity contribution is 14.1. The third kappa shape index (κ3) is 6.06. The van der Waals surface area contributed by atoms with Gasteiger partial charge in [0.15, 0.2) is 11.5 Å². The molecule has 0 radical (unpaired) electrons. The van der Waals surface area contributed by atoms with Gasteiger partial charge in [0, 0.05) is 0 Å². The van der Waals surface area contributed by atoms with Gasteiger partial charge < -0.3 is 14.2 Å². The molecule has 0 saturated carbocycles. The van der Waals surface area contributed by atoms with Crippen molar-refractivity contribution in [2.45, 2.75) is 13.5 Å². The van der Waals surface area contributed by atoms with E-state index in [1.54, 1.807) is 48.5 Å². The van der Waals surface area contributed by atoms with Crippen molar-refractivity contribution in [1.82, 2.24) is 5.32 Å². The number of carbonyl (C=O) groups is 3. The summed E-state index contributed by atoms with van der Waals surface area (Å²) >= 11 is 14.2. The Hall–Kier alpha value is -3.28. The molecule has 0 unspecified atom stereocenters. The number of imide groups is 2. The molecular weight excluding hydrogens is 646 g/mol. The number of nitrogens with one attached hydrogen (secondary N) is 1. The zero-order valence-corrected chi connectivity index (χ0v) is 23.9. The minimum Gasteiger partial charge on any atom is -0.497 e. The van der Waals surface area contributed by atoms with Gasteiger partial charge in [-0.15, -0.1) is 0 Å². The molecule has 0 aliphatic carbocycles. The van der Waals surface area contributed by atoms with Gasteiger partial charge >= 0.3 is 6.03 Å². The van der Waals surface area contributed by atoms with Crippen LogP contribution in [0.1, 0.15) is 18.1 Å². The summed E-state index contributed by atoms with van der Waals surface area (Å²) in [4.78, 5) is 39.3. The molecule has 0 aromatic heterocycles. The first-order valence-corrected chi connectivity index (χ1v) is 13.1. The first kappa shape index (κ1) is 27.7. The minimum atomic E-state index is -0.835. The topological polar surface area (TPSA) is 94.2 Å². The third-order valence-electron chi connectivity index (χ3n) is 5.44. The van der Waals surface area contributed by atoms with Crippen molar-refractivity contribution in [1.29, 1.82) is 0 Å². The van der Waals surface area contributed by atoms with E-state index in [0.717, 1.165) is 10.5 Å². The summed E-state index contributed by atoms with van der Waals surface area (Å²) in [5, 5.41) is 3.09. The van der Waals surface area contributed by atoms with E-state index >= 15 is 0 Å². The maximum atomic E-state index is 13.2. The second-order valence-electron chi connectivity index (χ2n) is 7.96. The standard InChI is InChI=1S/C27H21Cl2IN2O6/c1-3-37-23-13-16(12-22(30)24(23)38-14-15-4-9-20(28)21(29)11-15)10-19-25(33)31-27(35)32(26(19)34)17-5-7-18(36-2)8-6-17/h4-13H,3,14H2,1-2H3,(H,31,33,35)/b19-10+. The van der Waals surface area contributed by atoms with Gasteiger partial charge in [-0.2, -0.15) is 0 Å². The maximum absolute atomic E-state index is 13.2. The van der Waals surface area contributed by atoms with Crippen LogP contribution >= 0.6 is 45.8 Å². The van der Waals surface area contributed by atoms with E-state index in [9.17, 15) is 14.4 Å². The summed E-state index contributed by atoms with van der Waals surface area (Å²) in [5.41, 5.74) is 1.42. The van der Waals surface area contributed by atoms with E-state index in [1.807, 2.05) is 13.0 Å². The smallest absolute Gasteiger partial charge is 0.335 e. The Morgan fingerprint density at radius 2 is 1.71 bits per heavy atom. The Morgan fingerprint density at radius 1 is 0.974 bits per heavy atom. The van der Waals surface area contributed by atoms with E-state index in [2.05, 4.69) is 27.9 Å². The highest BCUT2D eigenvalue weighted by Gasteiger charge is 2.37. The predicted molar refractivity (Wildman–Crippen MR) is 153 cm³/mol. The average Bonchev–Trinajstić information content (AvgIpc) is 2.88. The molecule has 1 N–H and O–H groups in total. The summed E-state index contributed by atoms with van der Waals surface area (Å²) in [6.07, 6.45) is 1.41. The van der Waals surface area contributed by atoms with Crippen molar-refractivity contribution >= 4 is 75.4 Å². The Balaban J connectivity index is 1.64. The van der Waals surface area contributed by atoms with Crippen LogP contribution < -0.4 is 24.4 Å². The average molecular weight is 667 g/mol. The molecule has 3 aromatic rings. The number of nitrogens with zero attached hydrogens (tertiary/aromatic N) is 1. The van der Waals surface area contributed by atoms with Crippen molar-refractivity contribution in [2.75, 3.05) is 18.6 Å². The predicted octanol–water partition coefficient (Wildman–Crippen LogP) is 6.25. The number of halogens is 3. The summed E-state index contributed by atoms with van der Waals surface area (Å²) in [6.45, 7) is 2.41. The van der Waals surface area contributed by atoms with Gasteiger partial charge in [-0.3, -0.25) is 14.9 Å². The third-order valence-corrected chi connectivity index (χ3v) is 6.98. The largest absolute Gasteiger partial charge is 0.497 e. The number of ether oxygens (including phenoxy) is 3.